The number of para-hydroxylation sites is 1. The molecule has 0 aliphatic heterocycles. The van der Waals surface area contributed by atoms with E-state index < -0.39 is 24.1 Å². The van der Waals surface area contributed by atoms with Gasteiger partial charge in [-0.3, -0.25) is 0 Å². The van der Waals surface area contributed by atoms with Crippen molar-refractivity contribution >= 4 is 35.1 Å². The van der Waals surface area contributed by atoms with E-state index in [1.807, 2.05) is 6.07 Å². The number of nitriles is 1. The van der Waals surface area contributed by atoms with Crippen LogP contribution >= 0.6 is 11.8 Å². The molecule has 0 bridgehead atoms. The average molecular weight is 517 g/mol. The van der Waals surface area contributed by atoms with Crippen LogP contribution in [0, 0.1) is 18.3 Å². The van der Waals surface area contributed by atoms with Crippen LogP contribution < -0.4 is 15.4 Å². The van der Waals surface area contributed by atoms with Gasteiger partial charge >= 0.3 is 18.4 Å². The highest BCUT2D eigenvalue weighted by atomic mass is 32.2. The molecule has 0 saturated heterocycles. The average Bonchev–Trinajstić information content (AvgIpc) is 2.80. The number of pyridine rings is 1. The molecule has 2 aromatic carbocycles. The normalized spacial score (nSPS) is 10.8. The first-order chi connectivity index (χ1) is 17.1. The molecule has 12 heteroatoms. The van der Waals surface area contributed by atoms with Crippen molar-refractivity contribution in [2.45, 2.75) is 30.1 Å². The van der Waals surface area contributed by atoms with Crippen LogP contribution in [0.2, 0.25) is 0 Å². The van der Waals surface area contributed by atoms with Crippen molar-refractivity contribution in [1.82, 2.24) is 4.98 Å². The van der Waals surface area contributed by atoms with Gasteiger partial charge in [0.2, 0.25) is 0 Å². The van der Waals surface area contributed by atoms with E-state index in [0.717, 1.165) is 23.9 Å². The smallest absolute Gasteiger partial charge is 0.462 e. The number of carbonyl (C=O) groups is 2. The third kappa shape index (κ3) is 7.13. The fraction of sp³-hybridized carbons (Fsp3) is 0.167. The lowest BCUT2D eigenvalue weighted by molar-refractivity contribution is -0.274. The van der Waals surface area contributed by atoms with Crippen LogP contribution in [0.25, 0.3) is 0 Å². The Balaban J connectivity index is 1.78. The number of benzene rings is 2. The summed E-state index contributed by atoms with van der Waals surface area (Å²) in [6, 6.07) is 14.2. The molecule has 2 N–H and O–H groups in total. The molecule has 0 unspecified atom stereocenters. The van der Waals surface area contributed by atoms with E-state index >= 15 is 0 Å². The topological polar surface area (TPSA) is 113 Å². The van der Waals surface area contributed by atoms with Gasteiger partial charge in [0.25, 0.3) is 0 Å². The third-order valence-corrected chi connectivity index (χ3v) is 5.47. The van der Waals surface area contributed by atoms with E-state index in [9.17, 15) is 28.0 Å². The molecule has 0 aliphatic carbocycles. The lowest BCUT2D eigenvalue weighted by Crippen LogP contribution is -2.20. The van der Waals surface area contributed by atoms with Gasteiger partial charge in [-0.25, -0.2) is 14.6 Å². The summed E-state index contributed by atoms with van der Waals surface area (Å²) in [5, 5.41) is 15.1. The van der Waals surface area contributed by atoms with Gasteiger partial charge < -0.3 is 20.1 Å². The summed E-state index contributed by atoms with van der Waals surface area (Å²) in [6.45, 7) is 3.48. The van der Waals surface area contributed by atoms with Crippen molar-refractivity contribution in [2.75, 3.05) is 17.2 Å². The first kappa shape index (κ1) is 26.4. The minimum absolute atomic E-state index is 0.0458. The molecule has 3 rings (SSSR count). The zero-order chi connectivity index (χ0) is 26.3. The van der Waals surface area contributed by atoms with Gasteiger partial charge in [0.1, 0.15) is 16.8 Å². The zero-order valence-corrected chi connectivity index (χ0v) is 19.8. The van der Waals surface area contributed by atoms with Gasteiger partial charge in [-0.2, -0.15) is 5.26 Å². The first-order valence-electron chi connectivity index (χ1n) is 10.4. The maximum Gasteiger partial charge on any atom is 0.573 e. The van der Waals surface area contributed by atoms with Gasteiger partial charge in [0.05, 0.1) is 23.4 Å². The van der Waals surface area contributed by atoms with Crippen LogP contribution in [0.3, 0.4) is 0 Å². The molecule has 0 spiro atoms. The third-order valence-electron chi connectivity index (χ3n) is 4.41. The number of aromatic nitrogens is 1. The number of nitrogens with zero attached hydrogens (tertiary/aromatic N) is 2. The second-order valence-electron chi connectivity index (χ2n) is 7.07. The van der Waals surface area contributed by atoms with E-state index in [2.05, 4.69) is 20.4 Å². The Bertz CT molecular complexity index is 1310. The Morgan fingerprint density at radius 3 is 2.44 bits per heavy atom. The van der Waals surface area contributed by atoms with Gasteiger partial charge in [-0.05, 0) is 56.3 Å². The lowest BCUT2D eigenvalue weighted by atomic mass is 10.1. The highest BCUT2D eigenvalue weighted by molar-refractivity contribution is 7.99. The Kier molecular flexibility index (Phi) is 8.39. The monoisotopic (exact) mass is 516 g/mol. The lowest BCUT2D eigenvalue weighted by Gasteiger charge is -2.14. The van der Waals surface area contributed by atoms with Crippen LogP contribution in [0.4, 0.5) is 29.3 Å². The number of halogens is 3. The number of hydrogen-bond donors (Lipinski definition) is 2. The van der Waals surface area contributed by atoms with E-state index in [1.54, 1.807) is 38.1 Å². The molecule has 186 valence electrons. The van der Waals surface area contributed by atoms with Crippen molar-refractivity contribution in [1.29, 1.82) is 5.26 Å². The molecule has 0 fully saturated rings. The molecular formula is C24H19F3N4O4S. The van der Waals surface area contributed by atoms with Crippen LogP contribution in [-0.2, 0) is 4.74 Å². The van der Waals surface area contributed by atoms with Crippen LogP contribution in [0.15, 0.2) is 64.5 Å². The van der Waals surface area contributed by atoms with E-state index in [1.165, 1.54) is 18.2 Å². The summed E-state index contributed by atoms with van der Waals surface area (Å²) in [5.74, 6) is -1.06. The molecule has 0 saturated carbocycles. The summed E-state index contributed by atoms with van der Waals surface area (Å²) < 4.78 is 45.8. The van der Waals surface area contributed by atoms with Gasteiger partial charge in [-0.15, -0.1) is 13.2 Å². The number of rotatable bonds is 7. The number of ether oxygens (including phenoxy) is 2. The van der Waals surface area contributed by atoms with E-state index in [-0.39, 0.29) is 28.4 Å². The Hall–Kier alpha value is -4.24. The number of hydrogen-bond acceptors (Lipinski definition) is 7. The van der Waals surface area contributed by atoms with E-state index in [4.69, 9.17) is 4.74 Å². The van der Waals surface area contributed by atoms with E-state index in [0.29, 0.717) is 16.3 Å². The Labute approximate surface area is 208 Å². The quantitative estimate of drug-likeness (QED) is 0.363. The zero-order valence-electron chi connectivity index (χ0n) is 19.0. The summed E-state index contributed by atoms with van der Waals surface area (Å²) in [5.41, 5.74) is 1.25. The summed E-state index contributed by atoms with van der Waals surface area (Å²) in [7, 11) is 0. The maximum absolute atomic E-state index is 12.5. The first-order valence-corrected chi connectivity index (χ1v) is 11.2. The predicted molar refractivity (Wildman–Crippen MR) is 126 cm³/mol. The van der Waals surface area contributed by atoms with Crippen LogP contribution in [-0.4, -0.2) is 30.0 Å². The number of alkyl halides is 3. The SMILES string of the molecule is CCOC(=O)c1cc(C)nc(Sc2ccccc2NC(=O)Nc2ccc(OC(F)(F)F)cc2)c1C#N. The molecule has 0 radical (unpaired) electrons. The largest absolute Gasteiger partial charge is 0.573 e. The molecular weight excluding hydrogens is 497 g/mol. The molecule has 0 atom stereocenters. The Morgan fingerprint density at radius 2 is 1.81 bits per heavy atom. The van der Waals surface area contributed by atoms with Crippen molar-refractivity contribution in [3.63, 3.8) is 0 Å². The highest BCUT2D eigenvalue weighted by Crippen LogP contribution is 2.35. The minimum Gasteiger partial charge on any atom is -0.462 e. The van der Waals surface area contributed by atoms with Gasteiger partial charge in [-0.1, -0.05) is 23.9 Å². The molecule has 3 aromatic rings. The van der Waals surface area contributed by atoms with Crippen molar-refractivity contribution < 1.29 is 32.2 Å². The molecule has 1 aromatic heterocycles. The Morgan fingerprint density at radius 1 is 1.11 bits per heavy atom. The number of carbonyl (C=O) groups excluding carboxylic acids is 2. The molecule has 2 amide bonds. The van der Waals surface area contributed by atoms with Crippen molar-refractivity contribution in [3.05, 3.63) is 71.4 Å². The summed E-state index contributed by atoms with van der Waals surface area (Å²) >= 11 is 1.08. The number of anilines is 2. The number of esters is 1. The number of aryl methyl sites for hydroxylation is 1. The predicted octanol–water partition coefficient (Wildman–Crippen LogP) is 6.13. The highest BCUT2D eigenvalue weighted by Gasteiger charge is 2.31. The number of urea groups is 1. The molecule has 1 heterocycles. The molecule has 8 nitrogen and oxygen atoms in total. The van der Waals surface area contributed by atoms with Crippen LogP contribution in [0.1, 0.15) is 28.5 Å². The van der Waals surface area contributed by atoms with Crippen molar-refractivity contribution in [3.8, 4) is 11.8 Å². The number of nitrogens with one attached hydrogen (secondary N) is 2. The minimum atomic E-state index is -4.82. The fourth-order valence-corrected chi connectivity index (χ4v) is 4.02. The van der Waals surface area contributed by atoms with Crippen molar-refractivity contribution in [2.24, 2.45) is 0 Å². The standard InChI is InChI=1S/C24H19F3N4O4S/c1-3-34-22(32)17-12-14(2)29-21(18(17)13-28)36-20-7-5-4-6-19(20)31-23(33)30-15-8-10-16(11-9-15)35-24(25,26)27/h4-12H,3H2,1-2H3,(H2,30,31,33). The van der Waals surface area contributed by atoms with Gasteiger partial charge in [0.15, 0.2) is 0 Å². The summed E-state index contributed by atoms with van der Waals surface area (Å²) in [6.07, 6.45) is -4.82. The maximum atomic E-state index is 12.5. The second kappa shape index (κ2) is 11.5. The number of amides is 2. The van der Waals surface area contributed by atoms with Crippen LogP contribution in [0.5, 0.6) is 5.75 Å². The molecule has 0 aliphatic rings. The second-order valence-corrected chi connectivity index (χ2v) is 8.10. The summed E-state index contributed by atoms with van der Waals surface area (Å²) in [4.78, 5) is 29.7. The van der Waals surface area contributed by atoms with Gasteiger partial charge in [0, 0.05) is 16.3 Å². The molecule has 36 heavy (non-hydrogen) atoms. The fourth-order valence-electron chi connectivity index (χ4n) is 2.98.